The molecule has 2 amide bonds. The molecule has 2 aromatic rings. The van der Waals surface area contributed by atoms with E-state index in [0.29, 0.717) is 27.9 Å². The Labute approximate surface area is 161 Å². The van der Waals surface area contributed by atoms with Crippen LogP contribution in [0.5, 0.6) is 11.5 Å². The van der Waals surface area contributed by atoms with Crippen molar-refractivity contribution in [3.63, 3.8) is 0 Å². The van der Waals surface area contributed by atoms with Gasteiger partial charge >= 0.3 is 0 Å². The highest BCUT2D eigenvalue weighted by Crippen LogP contribution is 2.35. The Morgan fingerprint density at radius 1 is 1.19 bits per heavy atom. The SMILES string of the molecule is COc1cc(NC(=O)C/C(C)=N\NC(=O)c2ccccn2)c(OC)cc1Cl. The Morgan fingerprint density at radius 3 is 2.56 bits per heavy atom. The van der Waals surface area contributed by atoms with Crippen LogP contribution >= 0.6 is 11.6 Å². The molecule has 0 atom stereocenters. The van der Waals surface area contributed by atoms with E-state index in [1.807, 2.05) is 0 Å². The number of ether oxygens (including phenoxy) is 2. The number of methoxy groups -OCH3 is 2. The number of hydrogen-bond donors (Lipinski definition) is 2. The summed E-state index contributed by atoms with van der Waals surface area (Å²) in [7, 11) is 2.94. The normalized spacial score (nSPS) is 10.9. The maximum absolute atomic E-state index is 12.2. The fourth-order valence-corrected chi connectivity index (χ4v) is 2.36. The molecule has 1 heterocycles. The average molecular weight is 391 g/mol. The Bertz CT molecular complexity index is 856. The van der Waals surface area contributed by atoms with Crippen molar-refractivity contribution in [2.75, 3.05) is 19.5 Å². The Balaban J connectivity index is 1.99. The quantitative estimate of drug-likeness (QED) is 0.559. The van der Waals surface area contributed by atoms with E-state index in [9.17, 15) is 9.59 Å². The molecular formula is C18H19ClN4O4. The summed E-state index contributed by atoms with van der Waals surface area (Å²) in [5.41, 5.74) is 3.42. The molecule has 2 rings (SSSR count). The minimum Gasteiger partial charge on any atom is -0.495 e. The number of hydrogen-bond acceptors (Lipinski definition) is 6. The summed E-state index contributed by atoms with van der Waals surface area (Å²) in [6.07, 6.45) is 1.48. The second kappa shape index (κ2) is 9.54. The Morgan fingerprint density at radius 2 is 1.93 bits per heavy atom. The molecule has 2 N–H and O–H groups in total. The first-order chi connectivity index (χ1) is 12.9. The van der Waals surface area contributed by atoms with Gasteiger partial charge in [-0.1, -0.05) is 17.7 Å². The molecule has 0 aliphatic carbocycles. The van der Waals surface area contributed by atoms with Crippen LogP contribution < -0.4 is 20.2 Å². The van der Waals surface area contributed by atoms with E-state index < -0.39 is 5.91 Å². The number of pyridine rings is 1. The molecule has 142 valence electrons. The number of carbonyl (C=O) groups excluding carboxylic acids is 2. The molecule has 0 aliphatic heterocycles. The van der Waals surface area contributed by atoms with Crippen molar-refractivity contribution in [1.82, 2.24) is 10.4 Å². The third kappa shape index (κ3) is 5.68. The zero-order valence-electron chi connectivity index (χ0n) is 15.1. The lowest BCUT2D eigenvalue weighted by molar-refractivity contribution is -0.115. The lowest BCUT2D eigenvalue weighted by atomic mass is 10.2. The zero-order valence-corrected chi connectivity index (χ0v) is 15.8. The molecule has 8 nitrogen and oxygen atoms in total. The molecule has 1 aromatic heterocycles. The summed E-state index contributed by atoms with van der Waals surface area (Å²) in [6, 6.07) is 8.07. The molecule has 1 aromatic carbocycles. The van der Waals surface area contributed by atoms with Crippen molar-refractivity contribution in [2.24, 2.45) is 5.10 Å². The van der Waals surface area contributed by atoms with Gasteiger partial charge in [0, 0.05) is 24.0 Å². The maximum Gasteiger partial charge on any atom is 0.289 e. The van der Waals surface area contributed by atoms with E-state index in [2.05, 4.69) is 20.8 Å². The summed E-state index contributed by atoms with van der Waals surface area (Å²) in [5, 5.41) is 6.98. The lowest BCUT2D eigenvalue weighted by Gasteiger charge is -2.13. The van der Waals surface area contributed by atoms with Gasteiger partial charge in [0.25, 0.3) is 5.91 Å². The predicted octanol–water partition coefficient (Wildman–Crippen LogP) is 2.89. The highest BCUT2D eigenvalue weighted by atomic mass is 35.5. The number of amides is 2. The van der Waals surface area contributed by atoms with Crippen LogP contribution in [0.25, 0.3) is 0 Å². The van der Waals surface area contributed by atoms with Gasteiger partial charge in [-0.3, -0.25) is 14.6 Å². The van der Waals surface area contributed by atoms with Crippen molar-refractivity contribution in [3.05, 3.63) is 47.2 Å². The van der Waals surface area contributed by atoms with Gasteiger partial charge in [0.05, 0.1) is 31.4 Å². The van der Waals surface area contributed by atoms with Gasteiger partial charge < -0.3 is 14.8 Å². The lowest BCUT2D eigenvalue weighted by Crippen LogP contribution is -2.22. The monoisotopic (exact) mass is 390 g/mol. The number of benzene rings is 1. The number of anilines is 1. The van der Waals surface area contributed by atoms with Crippen LogP contribution in [0.3, 0.4) is 0 Å². The molecule has 0 saturated heterocycles. The highest BCUT2D eigenvalue weighted by molar-refractivity contribution is 6.32. The molecule has 0 aliphatic rings. The number of hydrazone groups is 1. The van der Waals surface area contributed by atoms with Gasteiger partial charge in [-0.15, -0.1) is 0 Å². The first kappa shape index (κ1) is 20.2. The topological polar surface area (TPSA) is 102 Å². The number of rotatable bonds is 7. The van der Waals surface area contributed by atoms with Crippen LogP contribution in [0.2, 0.25) is 5.02 Å². The van der Waals surface area contributed by atoms with E-state index >= 15 is 0 Å². The summed E-state index contributed by atoms with van der Waals surface area (Å²) in [5.74, 6) is -0.00143. The molecular weight excluding hydrogens is 372 g/mol. The minimum atomic E-state index is -0.459. The summed E-state index contributed by atoms with van der Waals surface area (Å²) < 4.78 is 10.3. The maximum atomic E-state index is 12.2. The molecule has 27 heavy (non-hydrogen) atoms. The van der Waals surface area contributed by atoms with Crippen molar-refractivity contribution in [2.45, 2.75) is 13.3 Å². The van der Waals surface area contributed by atoms with Crippen LogP contribution in [0, 0.1) is 0 Å². The van der Waals surface area contributed by atoms with Crippen molar-refractivity contribution in [1.29, 1.82) is 0 Å². The number of carbonyl (C=O) groups is 2. The van der Waals surface area contributed by atoms with Gasteiger partial charge in [0.1, 0.15) is 17.2 Å². The van der Waals surface area contributed by atoms with Crippen molar-refractivity contribution < 1.29 is 19.1 Å². The van der Waals surface area contributed by atoms with Gasteiger partial charge in [-0.2, -0.15) is 5.10 Å². The predicted molar refractivity (Wildman–Crippen MR) is 103 cm³/mol. The van der Waals surface area contributed by atoms with Crippen LogP contribution in [0.1, 0.15) is 23.8 Å². The Kier molecular flexibility index (Phi) is 7.13. The fraction of sp³-hybridized carbons (Fsp3) is 0.222. The minimum absolute atomic E-state index is 0.0312. The van der Waals surface area contributed by atoms with Gasteiger partial charge in [-0.05, 0) is 19.1 Å². The molecule has 9 heteroatoms. The van der Waals surface area contributed by atoms with E-state index in [1.54, 1.807) is 37.3 Å². The zero-order chi connectivity index (χ0) is 19.8. The van der Waals surface area contributed by atoms with Gasteiger partial charge in [-0.25, -0.2) is 5.43 Å². The average Bonchev–Trinajstić information content (AvgIpc) is 2.67. The van der Waals surface area contributed by atoms with E-state index in [4.69, 9.17) is 21.1 Å². The highest BCUT2D eigenvalue weighted by Gasteiger charge is 2.13. The smallest absolute Gasteiger partial charge is 0.289 e. The molecule has 0 fully saturated rings. The Hall–Kier alpha value is -3.13. The summed E-state index contributed by atoms with van der Waals surface area (Å²) >= 11 is 6.04. The second-order valence-corrected chi connectivity index (χ2v) is 5.82. The third-order valence-corrected chi connectivity index (χ3v) is 3.71. The first-order valence-electron chi connectivity index (χ1n) is 7.90. The van der Waals surface area contributed by atoms with E-state index in [0.717, 1.165) is 0 Å². The fourth-order valence-electron chi connectivity index (χ4n) is 2.12. The number of aromatic nitrogens is 1. The van der Waals surface area contributed by atoms with Crippen LogP contribution in [0.15, 0.2) is 41.6 Å². The first-order valence-corrected chi connectivity index (χ1v) is 8.28. The molecule has 0 unspecified atom stereocenters. The largest absolute Gasteiger partial charge is 0.495 e. The second-order valence-electron chi connectivity index (χ2n) is 5.41. The molecule has 0 saturated carbocycles. The summed E-state index contributed by atoms with van der Waals surface area (Å²) in [6.45, 7) is 1.62. The van der Waals surface area contributed by atoms with E-state index in [1.165, 1.54) is 20.4 Å². The van der Waals surface area contributed by atoms with Crippen LogP contribution in [-0.4, -0.2) is 36.7 Å². The van der Waals surface area contributed by atoms with E-state index in [-0.39, 0.29) is 18.0 Å². The van der Waals surface area contributed by atoms with Crippen LogP contribution in [0.4, 0.5) is 5.69 Å². The van der Waals surface area contributed by atoms with Crippen molar-refractivity contribution in [3.8, 4) is 11.5 Å². The number of halogens is 1. The number of nitrogens with zero attached hydrogens (tertiary/aromatic N) is 2. The standard InChI is InChI=1S/C18H19ClN4O4/c1-11(22-23-18(25)13-6-4-5-7-20-13)8-17(24)21-14-10-15(26-2)12(19)9-16(14)27-3/h4-7,9-10H,8H2,1-3H3,(H,21,24)(H,23,25)/b22-11-. The van der Waals surface area contributed by atoms with Crippen molar-refractivity contribution >= 4 is 34.8 Å². The van der Waals surface area contributed by atoms with Crippen LogP contribution in [-0.2, 0) is 4.79 Å². The van der Waals surface area contributed by atoms with Gasteiger partial charge in [0.15, 0.2) is 0 Å². The van der Waals surface area contributed by atoms with Gasteiger partial charge in [0.2, 0.25) is 5.91 Å². The molecule has 0 radical (unpaired) electrons. The molecule has 0 bridgehead atoms. The number of nitrogens with one attached hydrogen (secondary N) is 2. The summed E-state index contributed by atoms with van der Waals surface area (Å²) in [4.78, 5) is 28.1. The third-order valence-electron chi connectivity index (χ3n) is 3.41. The molecule has 0 spiro atoms.